The van der Waals surface area contributed by atoms with E-state index in [1.165, 1.54) is 43.1 Å². The molecule has 0 unspecified atom stereocenters. The van der Waals surface area contributed by atoms with Crippen LogP contribution in [0.5, 0.6) is 0 Å². The maximum Gasteiger partial charge on any atom is 0.250 e. The van der Waals surface area contributed by atoms with Gasteiger partial charge in [-0.3, -0.25) is 4.68 Å². The van der Waals surface area contributed by atoms with Crippen molar-refractivity contribution in [3.8, 4) is 0 Å². The minimum atomic E-state index is -3.48. The Morgan fingerprint density at radius 1 is 1.26 bits per heavy atom. The van der Waals surface area contributed by atoms with E-state index in [1.54, 1.807) is 6.07 Å². The standard InChI is InChI=1S/C15H18ClN3O2S2/c16-14-5-6-15(22-14)23(20,21)17-7-8-19-13(11-3-4-11)9-12(18-19)10-1-2-10/h5-6,9-11,17H,1-4,7-8H2. The third-order valence-corrected chi connectivity index (χ3v) is 7.43. The fourth-order valence-electron chi connectivity index (χ4n) is 2.72. The molecule has 23 heavy (non-hydrogen) atoms. The van der Waals surface area contributed by atoms with Gasteiger partial charge in [0.1, 0.15) is 4.21 Å². The average Bonchev–Trinajstić information content (AvgIpc) is 3.43. The van der Waals surface area contributed by atoms with Gasteiger partial charge in [-0.25, -0.2) is 13.1 Å². The van der Waals surface area contributed by atoms with Gasteiger partial charge in [-0.15, -0.1) is 11.3 Å². The first-order valence-corrected chi connectivity index (χ1v) is 10.5. The number of nitrogens with one attached hydrogen (secondary N) is 1. The van der Waals surface area contributed by atoms with Gasteiger partial charge >= 0.3 is 0 Å². The molecule has 2 aromatic heterocycles. The van der Waals surface area contributed by atoms with Gasteiger partial charge in [0.25, 0.3) is 0 Å². The van der Waals surface area contributed by atoms with Gasteiger partial charge in [0.15, 0.2) is 0 Å². The molecule has 0 aliphatic heterocycles. The summed E-state index contributed by atoms with van der Waals surface area (Å²) >= 11 is 6.88. The SMILES string of the molecule is O=S(=O)(NCCn1nc(C2CC2)cc1C1CC1)c1ccc(Cl)s1. The van der Waals surface area contributed by atoms with E-state index >= 15 is 0 Å². The molecule has 2 fully saturated rings. The second kappa shape index (κ2) is 5.88. The summed E-state index contributed by atoms with van der Waals surface area (Å²) in [6.45, 7) is 0.903. The lowest BCUT2D eigenvalue weighted by atomic mass is 10.2. The van der Waals surface area contributed by atoms with Crippen molar-refractivity contribution in [2.45, 2.75) is 48.3 Å². The summed E-state index contributed by atoms with van der Waals surface area (Å²) in [5, 5.41) is 4.69. The first-order valence-electron chi connectivity index (χ1n) is 7.85. The van der Waals surface area contributed by atoms with Crippen molar-refractivity contribution < 1.29 is 8.42 Å². The smallest absolute Gasteiger partial charge is 0.250 e. The second-order valence-corrected chi connectivity index (χ2v) is 9.93. The van der Waals surface area contributed by atoms with Gasteiger partial charge in [0.2, 0.25) is 10.0 Å². The number of halogens is 1. The Balaban J connectivity index is 1.43. The Morgan fingerprint density at radius 3 is 2.61 bits per heavy atom. The molecule has 4 rings (SSSR count). The fraction of sp³-hybridized carbons (Fsp3) is 0.533. The Labute approximate surface area is 144 Å². The summed E-state index contributed by atoms with van der Waals surface area (Å²) in [5.41, 5.74) is 2.45. The predicted octanol–water partition coefficient (Wildman–Crippen LogP) is 3.33. The zero-order chi connectivity index (χ0) is 16.0. The number of hydrogen-bond acceptors (Lipinski definition) is 4. The molecule has 0 aromatic carbocycles. The molecular weight excluding hydrogens is 354 g/mol. The van der Waals surface area contributed by atoms with E-state index in [9.17, 15) is 8.42 Å². The zero-order valence-electron chi connectivity index (χ0n) is 12.5. The van der Waals surface area contributed by atoms with Gasteiger partial charge in [-0.05, 0) is 43.9 Å². The quantitative estimate of drug-likeness (QED) is 0.811. The highest BCUT2D eigenvalue weighted by molar-refractivity contribution is 7.91. The minimum absolute atomic E-state index is 0.254. The van der Waals surface area contributed by atoms with E-state index in [0.717, 1.165) is 11.3 Å². The van der Waals surface area contributed by atoms with Crippen molar-refractivity contribution in [1.82, 2.24) is 14.5 Å². The summed E-state index contributed by atoms with van der Waals surface area (Å²) in [7, 11) is -3.48. The third-order valence-electron chi connectivity index (χ3n) is 4.25. The van der Waals surface area contributed by atoms with E-state index in [0.29, 0.717) is 29.3 Å². The minimum Gasteiger partial charge on any atom is -0.268 e. The van der Waals surface area contributed by atoms with Crippen molar-refractivity contribution in [2.24, 2.45) is 0 Å². The van der Waals surface area contributed by atoms with E-state index in [1.807, 2.05) is 4.68 Å². The molecule has 2 aromatic rings. The van der Waals surface area contributed by atoms with Crippen molar-refractivity contribution in [2.75, 3.05) is 6.54 Å². The molecule has 0 spiro atoms. The second-order valence-electron chi connectivity index (χ2n) is 6.22. The van der Waals surface area contributed by atoms with Crippen molar-refractivity contribution in [1.29, 1.82) is 0 Å². The average molecular weight is 372 g/mol. The van der Waals surface area contributed by atoms with Crippen LogP contribution in [0.25, 0.3) is 0 Å². The van der Waals surface area contributed by atoms with E-state index < -0.39 is 10.0 Å². The monoisotopic (exact) mass is 371 g/mol. The Bertz CT molecular complexity index is 820. The van der Waals surface area contributed by atoms with Crippen LogP contribution in [0, 0.1) is 0 Å². The number of nitrogens with zero attached hydrogens (tertiary/aromatic N) is 2. The molecule has 0 amide bonds. The van der Waals surface area contributed by atoms with Crippen LogP contribution in [-0.4, -0.2) is 24.7 Å². The van der Waals surface area contributed by atoms with Crippen LogP contribution >= 0.6 is 22.9 Å². The van der Waals surface area contributed by atoms with Crippen LogP contribution in [-0.2, 0) is 16.6 Å². The molecule has 0 saturated heterocycles. The normalized spacial score (nSPS) is 18.5. The number of rotatable bonds is 7. The maximum absolute atomic E-state index is 12.2. The molecule has 2 aliphatic rings. The molecule has 0 bridgehead atoms. The molecule has 2 heterocycles. The summed E-state index contributed by atoms with van der Waals surface area (Å²) in [6, 6.07) is 5.36. The summed E-state index contributed by atoms with van der Waals surface area (Å²) < 4.78 is 29.8. The van der Waals surface area contributed by atoms with Crippen molar-refractivity contribution in [3.05, 3.63) is 33.9 Å². The molecule has 0 atom stereocenters. The molecule has 8 heteroatoms. The summed E-state index contributed by atoms with van der Waals surface area (Å²) in [6.07, 6.45) is 4.89. The highest BCUT2D eigenvalue weighted by Gasteiger charge is 2.32. The Morgan fingerprint density at radius 2 is 2.00 bits per heavy atom. The Kier molecular flexibility index (Phi) is 3.99. The molecule has 2 saturated carbocycles. The van der Waals surface area contributed by atoms with Gasteiger partial charge in [-0.1, -0.05) is 11.6 Å². The lowest BCUT2D eigenvalue weighted by Crippen LogP contribution is -2.27. The first kappa shape index (κ1) is 15.6. The highest BCUT2D eigenvalue weighted by atomic mass is 35.5. The van der Waals surface area contributed by atoms with Gasteiger partial charge < -0.3 is 0 Å². The molecule has 1 N–H and O–H groups in total. The van der Waals surface area contributed by atoms with Crippen LogP contribution in [0.1, 0.15) is 48.9 Å². The van der Waals surface area contributed by atoms with E-state index in [2.05, 4.69) is 10.8 Å². The third kappa shape index (κ3) is 3.47. The van der Waals surface area contributed by atoms with Crippen LogP contribution < -0.4 is 4.72 Å². The summed E-state index contributed by atoms with van der Waals surface area (Å²) in [4.78, 5) is 0. The predicted molar refractivity (Wildman–Crippen MR) is 90.7 cm³/mol. The largest absolute Gasteiger partial charge is 0.268 e. The molecule has 5 nitrogen and oxygen atoms in total. The molecule has 2 aliphatic carbocycles. The molecule has 0 radical (unpaired) electrons. The van der Waals surface area contributed by atoms with Crippen LogP contribution in [0.2, 0.25) is 4.34 Å². The number of hydrogen-bond donors (Lipinski definition) is 1. The highest BCUT2D eigenvalue weighted by Crippen LogP contribution is 2.44. The fourth-order valence-corrected chi connectivity index (χ4v) is 5.26. The van der Waals surface area contributed by atoms with Gasteiger partial charge in [0.05, 0.1) is 16.6 Å². The van der Waals surface area contributed by atoms with Gasteiger partial charge in [-0.2, -0.15) is 5.10 Å². The van der Waals surface area contributed by atoms with E-state index in [-0.39, 0.29) is 4.21 Å². The molecular formula is C15H18ClN3O2S2. The van der Waals surface area contributed by atoms with Gasteiger partial charge in [0, 0.05) is 24.1 Å². The first-order chi connectivity index (χ1) is 11.0. The van der Waals surface area contributed by atoms with Crippen LogP contribution in [0.3, 0.4) is 0 Å². The zero-order valence-corrected chi connectivity index (χ0v) is 14.9. The van der Waals surface area contributed by atoms with Crippen LogP contribution in [0.15, 0.2) is 22.4 Å². The number of sulfonamides is 1. The summed E-state index contributed by atoms with van der Waals surface area (Å²) in [5.74, 6) is 1.24. The number of aromatic nitrogens is 2. The lowest BCUT2D eigenvalue weighted by molar-refractivity contribution is 0.549. The Hall–Kier alpha value is -0.890. The topological polar surface area (TPSA) is 64.0 Å². The maximum atomic E-state index is 12.2. The molecule has 124 valence electrons. The lowest BCUT2D eigenvalue weighted by Gasteiger charge is -2.08. The van der Waals surface area contributed by atoms with Crippen molar-refractivity contribution >= 4 is 33.0 Å². The van der Waals surface area contributed by atoms with Crippen LogP contribution in [0.4, 0.5) is 0 Å². The van der Waals surface area contributed by atoms with E-state index in [4.69, 9.17) is 16.7 Å². The van der Waals surface area contributed by atoms with Crippen molar-refractivity contribution in [3.63, 3.8) is 0 Å². The number of thiophene rings is 1.